The predicted molar refractivity (Wildman–Crippen MR) is 91.6 cm³/mol. The summed E-state index contributed by atoms with van der Waals surface area (Å²) in [5, 5.41) is 8.50. The van der Waals surface area contributed by atoms with Crippen LogP contribution >= 0.6 is 0 Å². The van der Waals surface area contributed by atoms with Gasteiger partial charge >= 0.3 is 5.97 Å². The van der Waals surface area contributed by atoms with Crippen LogP contribution in [0.5, 0.6) is 0 Å². The van der Waals surface area contributed by atoms with E-state index in [-0.39, 0.29) is 19.0 Å². The highest BCUT2D eigenvalue weighted by atomic mass is 16.6. The largest absolute Gasteiger partial charge is 0.460 e. The van der Waals surface area contributed by atoms with E-state index in [9.17, 15) is 4.79 Å². The Kier molecular flexibility index (Phi) is 16.2. The van der Waals surface area contributed by atoms with Gasteiger partial charge in [0.2, 0.25) is 0 Å². The standard InChI is InChI=1S/C17H34O8/c1-17(2,3)25-16(19)4-6-20-8-10-22-12-14-24-15-13-23-11-9-21-7-5-18/h18H,4-15H2,1-3H3. The Labute approximate surface area is 150 Å². The molecule has 0 aromatic heterocycles. The molecule has 8 heteroatoms. The summed E-state index contributed by atoms with van der Waals surface area (Å²) < 4.78 is 31.5. The van der Waals surface area contributed by atoms with Crippen LogP contribution in [0, 0.1) is 0 Å². The van der Waals surface area contributed by atoms with Gasteiger partial charge in [-0.05, 0) is 20.8 Å². The van der Waals surface area contributed by atoms with Gasteiger partial charge < -0.3 is 33.5 Å². The summed E-state index contributed by atoms with van der Waals surface area (Å²) in [7, 11) is 0. The third-order valence-corrected chi connectivity index (χ3v) is 2.59. The Bertz CT molecular complexity index is 304. The van der Waals surface area contributed by atoms with Crippen LogP contribution in [0.15, 0.2) is 0 Å². The van der Waals surface area contributed by atoms with Crippen LogP contribution < -0.4 is 0 Å². The molecular formula is C17H34O8. The van der Waals surface area contributed by atoms with E-state index in [1.165, 1.54) is 0 Å². The van der Waals surface area contributed by atoms with E-state index < -0.39 is 5.60 Å². The Morgan fingerprint density at radius 1 is 0.680 bits per heavy atom. The minimum Gasteiger partial charge on any atom is -0.460 e. The normalized spacial score (nSPS) is 11.7. The molecule has 0 radical (unpaired) electrons. The zero-order valence-electron chi connectivity index (χ0n) is 15.8. The van der Waals surface area contributed by atoms with Gasteiger partial charge in [-0.25, -0.2) is 0 Å². The van der Waals surface area contributed by atoms with Crippen molar-refractivity contribution >= 4 is 5.97 Å². The summed E-state index contributed by atoms with van der Waals surface area (Å²) in [5.41, 5.74) is -0.459. The van der Waals surface area contributed by atoms with Crippen molar-refractivity contribution in [1.82, 2.24) is 0 Å². The van der Waals surface area contributed by atoms with Crippen LogP contribution in [0.25, 0.3) is 0 Å². The molecule has 0 aliphatic heterocycles. The van der Waals surface area contributed by atoms with E-state index in [0.717, 1.165) is 0 Å². The zero-order valence-corrected chi connectivity index (χ0v) is 15.8. The summed E-state index contributed by atoms with van der Waals surface area (Å²) in [6.07, 6.45) is 0.241. The first kappa shape index (κ1) is 24.2. The van der Waals surface area contributed by atoms with Crippen LogP contribution in [-0.4, -0.2) is 89.4 Å². The topological polar surface area (TPSA) is 92.7 Å². The lowest BCUT2D eigenvalue weighted by molar-refractivity contribution is -0.156. The van der Waals surface area contributed by atoms with Crippen molar-refractivity contribution in [2.45, 2.75) is 32.8 Å². The molecule has 25 heavy (non-hydrogen) atoms. The second-order valence-electron chi connectivity index (χ2n) is 6.12. The average molecular weight is 366 g/mol. The van der Waals surface area contributed by atoms with E-state index in [2.05, 4.69) is 0 Å². The number of carbonyl (C=O) groups is 1. The Balaban J connectivity index is 3.13. The fraction of sp³-hybridized carbons (Fsp3) is 0.941. The van der Waals surface area contributed by atoms with Crippen molar-refractivity contribution in [1.29, 1.82) is 0 Å². The number of hydrogen-bond donors (Lipinski definition) is 1. The Morgan fingerprint density at radius 2 is 1.04 bits per heavy atom. The van der Waals surface area contributed by atoms with Gasteiger partial charge in [0.25, 0.3) is 0 Å². The molecule has 150 valence electrons. The molecule has 0 aromatic rings. The second-order valence-corrected chi connectivity index (χ2v) is 6.12. The van der Waals surface area contributed by atoms with E-state index in [1.807, 2.05) is 20.8 Å². The SMILES string of the molecule is CC(C)(C)OC(=O)CCOCCOCCOCCOCCOCCO. The highest BCUT2D eigenvalue weighted by Gasteiger charge is 2.15. The fourth-order valence-electron chi connectivity index (χ4n) is 1.59. The number of esters is 1. The number of rotatable bonds is 17. The smallest absolute Gasteiger partial charge is 0.308 e. The zero-order chi connectivity index (χ0) is 18.8. The number of carbonyl (C=O) groups excluding carboxylic acids is 1. The molecule has 0 saturated heterocycles. The van der Waals surface area contributed by atoms with Crippen LogP contribution in [0.4, 0.5) is 0 Å². The van der Waals surface area contributed by atoms with Crippen molar-refractivity contribution in [3.8, 4) is 0 Å². The predicted octanol–water partition coefficient (Wildman–Crippen LogP) is 0.794. The van der Waals surface area contributed by atoms with Gasteiger partial charge in [-0.2, -0.15) is 0 Å². The summed E-state index contributed by atoms with van der Waals surface area (Å²) in [6, 6.07) is 0. The monoisotopic (exact) mass is 366 g/mol. The molecule has 0 aliphatic carbocycles. The van der Waals surface area contributed by atoms with Gasteiger partial charge in [0, 0.05) is 0 Å². The molecule has 0 saturated carbocycles. The number of hydrogen-bond acceptors (Lipinski definition) is 8. The van der Waals surface area contributed by atoms with E-state index in [0.29, 0.717) is 66.1 Å². The fourth-order valence-corrected chi connectivity index (χ4v) is 1.59. The summed E-state index contributed by atoms with van der Waals surface area (Å²) in [6.45, 7) is 10.00. The molecular weight excluding hydrogens is 332 g/mol. The molecule has 0 bridgehead atoms. The van der Waals surface area contributed by atoms with Gasteiger partial charge in [0.05, 0.1) is 79.1 Å². The Morgan fingerprint density at radius 3 is 1.40 bits per heavy atom. The molecule has 0 spiro atoms. The van der Waals surface area contributed by atoms with Gasteiger partial charge in [-0.3, -0.25) is 4.79 Å². The molecule has 1 N–H and O–H groups in total. The van der Waals surface area contributed by atoms with Crippen molar-refractivity contribution in [3.05, 3.63) is 0 Å². The number of aliphatic hydroxyl groups is 1. The molecule has 0 amide bonds. The van der Waals surface area contributed by atoms with E-state index in [4.69, 9.17) is 33.5 Å². The lowest BCUT2D eigenvalue weighted by Crippen LogP contribution is -2.24. The Hall–Kier alpha value is -0.770. The molecule has 0 atom stereocenters. The van der Waals surface area contributed by atoms with Gasteiger partial charge in [0.1, 0.15) is 5.60 Å². The van der Waals surface area contributed by atoms with Crippen LogP contribution in [-0.2, 0) is 33.2 Å². The van der Waals surface area contributed by atoms with Crippen LogP contribution in [0.1, 0.15) is 27.2 Å². The minimum atomic E-state index is -0.459. The second kappa shape index (κ2) is 16.7. The van der Waals surface area contributed by atoms with Crippen molar-refractivity contribution < 1.29 is 38.3 Å². The molecule has 0 aliphatic rings. The average Bonchev–Trinajstić information content (AvgIpc) is 2.53. The van der Waals surface area contributed by atoms with E-state index >= 15 is 0 Å². The maximum Gasteiger partial charge on any atom is 0.308 e. The van der Waals surface area contributed by atoms with E-state index in [1.54, 1.807) is 0 Å². The van der Waals surface area contributed by atoms with Crippen molar-refractivity contribution in [3.63, 3.8) is 0 Å². The quantitative estimate of drug-likeness (QED) is 0.298. The van der Waals surface area contributed by atoms with Gasteiger partial charge in [0.15, 0.2) is 0 Å². The lowest BCUT2D eigenvalue weighted by atomic mass is 10.2. The lowest BCUT2D eigenvalue weighted by Gasteiger charge is -2.19. The van der Waals surface area contributed by atoms with Gasteiger partial charge in [-0.15, -0.1) is 0 Å². The molecule has 0 fully saturated rings. The first-order valence-electron chi connectivity index (χ1n) is 8.67. The summed E-state index contributed by atoms with van der Waals surface area (Å²) in [4.78, 5) is 11.4. The molecule has 0 heterocycles. The van der Waals surface area contributed by atoms with Crippen molar-refractivity contribution in [2.24, 2.45) is 0 Å². The third kappa shape index (κ3) is 21.2. The minimum absolute atomic E-state index is 0.0257. The van der Waals surface area contributed by atoms with Crippen molar-refractivity contribution in [2.75, 3.05) is 72.7 Å². The van der Waals surface area contributed by atoms with Gasteiger partial charge in [-0.1, -0.05) is 0 Å². The summed E-state index contributed by atoms with van der Waals surface area (Å²) >= 11 is 0. The highest BCUT2D eigenvalue weighted by Crippen LogP contribution is 2.07. The summed E-state index contributed by atoms with van der Waals surface area (Å²) in [5.74, 6) is -0.260. The number of aliphatic hydroxyl groups excluding tert-OH is 1. The molecule has 0 unspecified atom stereocenters. The first-order valence-corrected chi connectivity index (χ1v) is 8.67. The van der Waals surface area contributed by atoms with Crippen LogP contribution in [0.3, 0.4) is 0 Å². The maximum atomic E-state index is 11.4. The van der Waals surface area contributed by atoms with Crippen LogP contribution in [0.2, 0.25) is 0 Å². The first-order chi connectivity index (χ1) is 12.0. The third-order valence-electron chi connectivity index (χ3n) is 2.59. The molecule has 8 nitrogen and oxygen atoms in total. The highest BCUT2D eigenvalue weighted by molar-refractivity contribution is 5.69. The maximum absolute atomic E-state index is 11.4. The molecule has 0 aromatic carbocycles. The number of ether oxygens (including phenoxy) is 6. The molecule has 0 rings (SSSR count).